The Morgan fingerprint density at radius 2 is 1.59 bits per heavy atom. The van der Waals surface area contributed by atoms with Gasteiger partial charge in [0.25, 0.3) is 0 Å². The Morgan fingerprint density at radius 3 is 2.28 bits per heavy atom. The average Bonchev–Trinajstić information content (AvgIpc) is 3.61. The topological polar surface area (TPSA) is 72.9 Å². The molecule has 6 atom stereocenters. The molecule has 1 heterocycles. The molecule has 1 saturated heterocycles. The molecule has 2 bridgehead atoms. The summed E-state index contributed by atoms with van der Waals surface area (Å²) in [6.45, 7) is -0.152. The highest BCUT2D eigenvalue weighted by Crippen LogP contribution is 2.65. The van der Waals surface area contributed by atoms with E-state index in [0.29, 0.717) is 34.6 Å². The van der Waals surface area contributed by atoms with Crippen LogP contribution < -0.4 is 14.4 Å². The lowest BCUT2D eigenvalue weighted by Crippen LogP contribution is -2.40. The molecule has 0 spiro atoms. The largest absolute Gasteiger partial charge is 0.497 e. The van der Waals surface area contributed by atoms with Crippen LogP contribution in [0.2, 0.25) is 0 Å². The second-order valence-electron chi connectivity index (χ2n) is 9.11. The third-order valence-corrected chi connectivity index (χ3v) is 7.50. The monoisotopic (exact) mass is 429 g/mol. The number of ether oxygens (including phenoxy) is 2. The quantitative estimate of drug-likeness (QED) is 0.399. The number of hydrogen-bond acceptors (Lipinski definition) is 5. The number of hydrogen-bond donors (Lipinski definition) is 0. The summed E-state index contributed by atoms with van der Waals surface area (Å²) in [7, 11) is 1.55. The fourth-order valence-corrected chi connectivity index (χ4v) is 5.95. The lowest BCUT2D eigenvalue weighted by Gasteiger charge is -2.37. The van der Waals surface area contributed by atoms with Crippen LogP contribution >= 0.6 is 0 Å². The first-order chi connectivity index (χ1) is 15.6. The van der Waals surface area contributed by atoms with Gasteiger partial charge in [-0.25, -0.2) is 4.90 Å². The number of Topliss-reactive ketones (excluding diaryl/α,β-unsaturated/α-hetero) is 1. The van der Waals surface area contributed by atoms with Crippen molar-refractivity contribution in [3.05, 3.63) is 66.2 Å². The van der Waals surface area contributed by atoms with Gasteiger partial charge in [0, 0.05) is 11.6 Å². The summed E-state index contributed by atoms with van der Waals surface area (Å²) in [5.74, 6) is 1.71. The molecule has 0 N–H and O–H groups in total. The molecule has 2 aromatic carbocycles. The van der Waals surface area contributed by atoms with Crippen LogP contribution in [0, 0.1) is 35.5 Å². The Kier molecular flexibility index (Phi) is 4.25. The molecule has 2 aromatic rings. The van der Waals surface area contributed by atoms with Crippen molar-refractivity contribution in [1.29, 1.82) is 0 Å². The first-order valence-corrected chi connectivity index (χ1v) is 11.0. The van der Waals surface area contributed by atoms with Crippen molar-refractivity contribution in [2.75, 3.05) is 18.6 Å². The number of carbonyl (C=O) groups is 3. The number of ketones is 1. The van der Waals surface area contributed by atoms with Gasteiger partial charge in [0.2, 0.25) is 11.8 Å². The Balaban J connectivity index is 1.20. The second-order valence-corrected chi connectivity index (χ2v) is 9.11. The molecule has 3 fully saturated rings. The summed E-state index contributed by atoms with van der Waals surface area (Å²) in [6, 6.07) is 13.8. The van der Waals surface area contributed by atoms with Crippen LogP contribution in [0.5, 0.6) is 11.5 Å². The van der Waals surface area contributed by atoms with Crippen LogP contribution in [0.4, 0.5) is 5.69 Å². The van der Waals surface area contributed by atoms with Crippen LogP contribution in [0.1, 0.15) is 16.8 Å². The zero-order chi connectivity index (χ0) is 22.0. The maximum absolute atomic E-state index is 13.3. The van der Waals surface area contributed by atoms with Crippen LogP contribution in [-0.2, 0) is 9.59 Å². The fraction of sp³-hybridized carbons (Fsp3) is 0.346. The van der Waals surface area contributed by atoms with E-state index in [-0.39, 0.29) is 47.9 Å². The highest BCUT2D eigenvalue weighted by atomic mass is 16.5. The highest BCUT2D eigenvalue weighted by Gasteiger charge is 2.67. The molecule has 2 amide bonds. The van der Waals surface area contributed by atoms with Crippen molar-refractivity contribution in [2.45, 2.75) is 6.42 Å². The van der Waals surface area contributed by atoms with Gasteiger partial charge in [-0.1, -0.05) is 30.4 Å². The van der Waals surface area contributed by atoms with Crippen LogP contribution in [0.25, 0.3) is 0 Å². The maximum atomic E-state index is 13.3. The molecule has 1 aliphatic heterocycles. The molecule has 6 nitrogen and oxygen atoms in total. The summed E-state index contributed by atoms with van der Waals surface area (Å²) in [5, 5.41) is 0. The van der Waals surface area contributed by atoms with E-state index in [4.69, 9.17) is 9.47 Å². The normalized spacial score (nSPS) is 31.3. The average molecular weight is 429 g/mol. The molecular weight excluding hydrogens is 406 g/mol. The smallest absolute Gasteiger partial charge is 0.238 e. The number of carbonyl (C=O) groups excluding carboxylic acids is 3. The number of rotatable bonds is 6. The van der Waals surface area contributed by atoms with Crippen LogP contribution in [-0.4, -0.2) is 31.3 Å². The second kappa shape index (κ2) is 7.05. The molecule has 6 heteroatoms. The van der Waals surface area contributed by atoms with E-state index in [1.54, 1.807) is 55.6 Å². The van der Waals surface area contributed by atoms with Gasteiger partial charge in [0.1, 0.15) is 11.5 Å². The highest BCUT2D eigenvalue weighted by molar-refractivity contribution is 6.22. The first-order valence-electron chi connectivity index (χ1n) is 11.0. The lowest BCUT2D eigenvalue weighted by molar-refractivity contribution is -0.124. The molecule has 2 saturated carbocycles. The molecule has 0 radical (unpaired) electrons. The molecule has 162 valence electrons. The summed E-state index contributed by atoms with van der Waals surface area (Å²) >= 11 is 0. The van der Waals surface area contributed by atoms with E-state index in [9.17, 15) is 14.4 Å². The summed E-state index contributed by atoms with van der Waals surface area (Å²) < 4.78 is 10.9. The van der Waals surface area contributed by atoms with E-state index in [1.165, 1.54) is 4.90 Å². The zero-order valence-electron chi connectivity index (χ0n) is 17.6. The lowest BCUT2D eigenvalue weighted by atomic mass is 9.63. The van der Waals surface area contributed by atoms with E-state index in [1.807, 2.05) is 0 Å². The molecular formula is C26H23NO5. The number of imide groups is 1. The predicted molar refractivity (Wildman–Crippen MR) is 116 cm³/mol. The molecule has 4 aliphatic carbocycles. The SMILES string of the molecule is COc1cccc(C(=O)COc2cccc(N3C(=O)C4C5C=CC(C6CC56)C4C3=O)c2)c1. The maximum Gasteiger partial charge on any atom is 0.238 e. The van der Waals surface area contributed by atoms with E-state index in [0.717, 1.165) is 6.42 Å². The van der Waals surface area contributed by atoms with Crippen molar-refractivity contribution in [2.24, 2.45) is 35.5 Å². The molecule has 7 rings (SSSR count). The number of methoxy groups -OCH3 is 1. The van der Waals surface area contributed by atoms with Crippen molar-refractivity contribution in [3.63, 3.8) is 0 Å². The Labute approximate surface area is 185 Å². The zero-order valence-corrected chi connectivity index (χ0v) is 17.6. The van der Waals surface area contributed by atoms with Gasteiger partial charge in [0.05, 0.1) is 24.6 Å². The Morgan fingerprint density at radius 1 is 0.938 bits per heavy atom. The third-order valence-electron chi connectivity index (χ3n) is 7.50. The van der Waals surface area contributed by atoms with Gasteiger partial charge < -0.3 is 9.47 Å². The number of anilines is 1. The predicted octanol–water partition coefficient (Wildman–Crippen LogP) is 3.51. The van der Waals surface area contributed by atoms with Crippen LogP contribution in [0.15, 0.2) is 60.7 Å². The number of benzene rings is 2. The Bertz CT molecular complexity index is 1130. The molecule has 6 unspecified atom stereocenters. The van der Waals surface area contributed by atoms with Crippen molar-refractivity contribution >= 4 is 23.3 Å². The summed E-state index contributed by atoms with van der Waals surface area (Å²) in [6.07, 6.45) is 5.47. The van der Waals surface area contributed by atoms with E-state index in [2.05, 4.69) is 12.2 Å². The molecule has 5 aliphatic rings. The van der Waals surface area contributed by atoms with Gasteiger partial charge in [0.15, 0.2) is 12.4 Å². The number of allylic oxidation sites excluding steroid dienone is 2. The Hall–Kier alpha value is -3.41. The first kappa shape index (κ1) is 19.3. The molecule has 32 heavy (non-hydrogen) atoms. The minimum atomic E-state index is -0.236. The van der Waals surface area contributed by atoms with Crippen LogP contribution in [0.3, 0.4) is 0 Å². The number of amides is 2. The van der Waals surface area contributed by atoms with E-state index >= 15 is 0 Å². The third kappa shape index (κ3) is 2.82. The van der Waals surface area contributed by atoms with Crippen molar-refractivity contribution in [1.82, 2.24) is 0 Å². The summed E-state index contributed by atoms with van der Waals surface area (Å²) in [4.78, 5) is 40.4. The van der Waals surface area contributed by atoms with Gasteiger partial charge in [-0.05, 0) is 54.4 Å². The molecule has 0 aromatic heterocycles. The van der Waals surface area contributed by atoms with Gasteiger partial charge >= 0.3 is 0 Å². The number of nitrogens with zero attached hydrogens (tertiary/aromatic N) is 1. The minimum absolute atomic E-state index is 0.102. The van der Waals surface area contributed by atoms with Gasteiger partial charge in [-0.15, -0.1) is 0 Å². The minimum Gasteiger partial charge on any atom is -0.497 e. The van der Waals surface area contributed by atoms with Gasteiger partial charge in [-0.2, -0.15) is 0 Å². The standard InChI is InChI=1S/C26H23NO5/c1-31-16-6-2-4-14(10-16)22(28)13-32-17-7-3-5-15(11-17)27-25(29)23-18-8-9-19(21-12-20(18)21)24(23)26(27)30/h2-11,18-21,23-24H,12-13H2,1H3. The van der Waals surface area contributed by atoms with Crippen molar-refractivity contribution in [3.8, 4) is 11.5 Å². The van der Waals surface area contributed by atoms with Crippen molar-refractivity contribution < 1.29 is 23.9 Å². The summed E-state index contributed by atoms with van der Waals surface area (Å²) in [5.41, 5.74) is 1.00. The fourth-order valence-electron chi connectivity index (χ4n) is 5.95. The van der Waals surface area contributed by atoms with Gasteiger partial charge in [-0.3, -0.25) is 14.4 Å². The van der Waals surface area contributed by atoms with E-state index < -0.39 is 0 Å².